The molecule has 4 aromatic carbocycles. The maximum absolute atomic E-state index is 14.3. The van der Waals surface area contributed by atoms with Gasteiger partial charge in [0, 0.05) is 5.56 Å². The summed E-state index contributed by atoms with van der Waals surface area (Å²) in [6.07, 6.45) is -9.78. The number of hydrogen-bond acceptors (Lipinski definition) is 3. The predicted molar refractivity (Wildman–Crippen MR) is 145 cm³/mol. The summed E-state index contributed by atoms with van der Waals surface area (Å²) in [6, 6.07) is 19.1. The van der Waals surface area contributed by atoms with Crippen LogP contribution in [0.1, 0.15) is 52.4 Å². The third-order valence-electron chi connectivity index (χ3n) is 6.84. The Kier molecular flexibility index (Phi) is 9.46. The Morgan fingerprint density at radius 2 is 1.21 bits per heavy atom. The lowest BCUT2D eigenvalue weighted by molar-refractivity contribution is -0.289. The van der Waals surface area contributed by atoms with Gasteiger partial charge in [0.2, 0.25) is 0 Å². The van der Waals surface area contributed by atoms with Crippen molar-refractivity contribution in [3.63, 3.8) is 0 Å². The van der Waals surface area contributed by atoms with Gasteiger partial charge in [0.05, 0.1) is 24.3 Å². The highest BCUT2D eigenvalue weighted by atomic mass is 19.4. The van der Waals surface area contributed by atoms with E-state index in [1.54, 1.807) is 30.3 Å². The SMILES string of the molecule is CCc1cccc(Oc2cccc(C(NC(CO)c3cccc(C(F)(F)F)c3)c3cccc(C(F)(F)C(F)(F)F)c3)c2)c1. The van der Waals surface area contributed by atoms with Crippen LogP contribution >= 0.6 is 0 Å². The standard InChI is InChI=1S/C32H27F8NO2/c1-2-20-7-3-13-26(15-20)43-27-14-6-10-23(18-27)29(22-9-5-11-24(17-22)30(33,34)32(38,39)40)41-28(19-42)21-8-4-12-25(16-21)31(35,36)37/h3-18,28-29,41-42H,2,19H2,1H3. The van der Waals surface area contributed by atoms with Crippen molar-refractivity contribution < 1.29 is 45.0 Å². The van der Waals surface area contributed by atoms with Crippen LogP contribution in [0.4, 0.5) is 35.1 Å². The van der Waals surface area contributed by atoms with Gasteiger partial charge in [-0.05, 0) is 71.1 Å². The smallest absolute Gasteiger partial charge is 0.457 e. The zero-order valence-corrected chi connectivity index (χ0v) is 22.7. The maximum Gasteiger partial charge on any atom is 0.458 e. The molecule has 0 bridgehead atoms. The Morgan fingerprint density at radius 1 is 0.674 bits per heavy atom. The summed E-state index contributed by atoms with van der Waals surface area (Å²) in [7, 11) is 0. The minimum Gasteiger partial charge on any atom is -0.457 e. The predicted octanol–water partition coefficient (Wildman–Crippen LogP) is 9.13. The van der Waals surface area contributed by atoms with Gasteiger partial charge in [0.25, 0.3) is 0 Å². The summed E-state index contributed by atoms with van der Waals surface area (Å²) in [4.78, 5) is 0. The molecule has 4 rings (SSSR count). The van der Waals surface area contributed by atoms with Crippen LogP contribution in [-0.2, 0) is 18.5 Å². The molecule has 0 aliphatic heterocycles. The van der Waals surface area contributed by atoms with E-state index in [1.165, 1.54) is 18.2 Å². The lowest BCUT2D eigenvalue weighted by atomic mass is 9.93. The van der Waals surface area contributed by atoms with Crippen molar-refractivity contribution in [2.45, 2.75) is 43.7 Å². The van der Waals surface area contributed by atoms with Crippen LogP contribution in [0.25, 0.3) is 0 Å². The first-order chi connectivity index (χ1) is 20.2. The molecule has 0 fully saturated rings. The van der Waals surface area contributed by atoms with Crippen molar-refractivity contribution >= 4 is 0 Å². The molecule has 2 atom stereocenters. The lowest BCUT2D eigenvalue weighted by Gasteiger charge is -2.28. The first kappa shape index (κ1) is 32.0. The minimum absolute atomic E-state index is 0.0305. The second-order valence-electron chi connectivity index (χ2n) is 9.83. The maximum atomic E-state index is 14.3. The fourth-order valence-electron chi connectivity index (χ4n) is 4.57. The number of benzene rings is 4. The van der Waals surface area contributed by atoms with Gasteiger partial charge in [-0.15, -0.1) is 0 Å². The third kappa shape index (κ3) is 7.52. The van der Waals surface area contributed by atoms with Crippen LogP contribution in [0.15, 0.2) is 97.1 Å². The Hall–Kier alpha value is -3.96. The summed E-state index contributed by atoms with van der Waals surface area (Å²) in [5.41, 5.74) is -0.963. The normalized spacial score (nSPS) is 13.9. The zero-order chi connectivity index (χ0) is 31.4. The van der Waals surface area contributed by atoms with Crippen molar-refractivity contribution in [2.75, 3.05) is 6.61 Å². The van der Waals surface area contributed by atoms with Crippen molar-refractivity contribution in [1.82, 2.24) is 5.32 Å². The van der Waals surface area contributed by atoms with Crippen LogP contribution in [0.2, 0.25) is 0 Å². The Bertz CT molecular complexity index is 1530. The Balaban J connectivity index is 1.78. The van der Waals surface area contributed by atoms with Gasteiger partial charge in [-0.2, -0.15) is 35.1 Å². The molecule has 0 saturated heterocycles. The molecular formula is C32H27F8NO2. The summed E-state index contributed by atoms with van der Waals surface area (Å²) in [5.74, 6) is -4.35. The largest absolute Gasteiger partial charge is 0.458 e. The molecule has 0 aromatic heterocycles. The molecule has 11 heteroatoms. The fraction of sp³-hybridized carbons (Fsp3) is 0.250. The quantitative estimate of drug-likeness (QED) is 0.176. The molecule has 0 spiro atoms. The highest BCUT2D eigenvalue weighted by Gasteiger charge is 2.58. The van der Waals surface area contributed by atoms with Gasteiger partial charge in [0.1, 0.15) is 11.5 Å². The molecule has 0 radical (unpaired) electrons. The van der Waals surface area contributed by atoms with Crippen molar-refractivity contribution in [3.8, 4) is 11.5 Å². The average molecular weight is 610 g/mol. The Morgan fingerprint density at radius 3 is 1.81 bits per heavy atom. The summed E-state index contributed by atoms with van der Waals surface area (Å²) in [5, 5.41) is 13.1. The molecule has 3 nitrogen and oxygen atoms in total. The topological polar surface area (TPSA) is 41.5 Å². The molecule has 0 aliphatic carbocycles. The lowest BCUT2D eigenvalue weighted by Crippen LogP contribution is -2.34. The van der Waals surface area contributed by atoms with E-state index in [4.69, 9.17) is 4.74 Å². The molecule has 2 N–H and O–H groups in total. The van der Waals surface area contributed by atoms with Crippen molar-refractivity contribution in [2.24, 2.45) is 0 Å². The number of ether oxygens (including phenoxy) is 1. The van der Waals surface area contributed by atoms with E-state index < -0.39 is 48.1 Å². The summed E-state index contributed by atoms with van der Waals surface area (Å²) >= 11 is 0. The number of aliphatic hydroxyl groups is 1. The molecule has 228 valence electrons. The molecule has 2 unspecified atom stereocenters. The van der Waals surface area contributed by atoms with E-state index in [9.17, 15) is 40.2 Å². The van der Waals surface area contributed by atoms with Gasteiger partial charge in [-0.1, -0.05) is 61.5 Å². The van der Waals surface area contributed by atoms with E-state index >= 15 is 0 Å². The summed E-state index contributed by atoms with van der Waals surface area (Å²) in [6.45, 7) is 1.25. The Labute approximate surface area is 242 Å². The van der Waals surface area contributed by atoms with Crippen LogP contribution in [0, 0.1) is 0 Å². The number of hydrogen-bond donors (Lipinski definition) is 2. The molecule has 0 heterocycles. The second-order valence-corrected chi connectivity index (χ2v) is 9.83. The molecule has 4 aromatic rings. The van der Waals surface area contributed by atoms with Gasteiger partial charge >= 0.3 is 18.3 Å². The number of halogens is 8. The number of alkyl halides is 8. The molecular weight excluding hydrogens is 582 g/mol. The van der Waals surface area contributed by atoms with Crippen molar-refractivity contribution in [1.29, 1.82) is 0 Å². The second kappa shape index (κ2) is 12.7. The van der Waals surface area contributed by atoms with E-state index in [2.05, 4.69) is 5.32 Å². The van der Waals surface area contributed by atoms with E-state index in [1.807, 2.05) is 19.1 Å². The highest BCUT2D eigenvalue weighted by Crippen LogP contribution is 2.44. The molecule has 0 aliphatic rings. The van der Waals surface area contributed by atoms with Gasteiger partial charge in [-0.25, -0.2) is 0 Å². The molecule has 0 saturated carbocycles. The number of aryl methyl sites for hydroxylation is 1. The first-order valence-corrected chi connectivity index (χ1v) is 13.2. The van der Waals surface area contributed by atoms with Gasteiger partial charge in [0.15, 0.2) is 0 Å². The number of aliphatic hydroxyl groups excluding tert-OH is 1. The van der Waals surface area contributed by atoms with Crippen LogP contribution in [0.5, 0.6) is 11.5 Å². The van der Waals surface area contributed by atoms with Gasteiger partial charge < -0.3 is 9.84 Å². The molecule has 43 heavy (non-hydrogen) atoms. The highest BCUT2D eigenvalue weighted by molar-refractivity contribution is 5.42. The fourth-order valence-corrected chi connectivity index (χ4v) is 4.57. The number of rotatable bonds is 10. The van der Waals surface area contributed by atoms with Crippen LogP contribution < -0.4 is 10.1 Å². The van der Waals surface area contributed by atoms with E-state index in [0.29, 0.717) is 29.2 Å². The minimum atomic E-state index is -5.86. The first-order valence-electron chi connectivity index (χ1n) is 13.2. The van der Waals surface area contributed by atoms with Crippen LogP contribution in [0.3, 0.4) is 0 Å². The third-order valence-corrected chi connectivity index (χ3v) is 6.84. The van der Waals surface area contributed by atoms with Crippen molar-refractivity contribution in [3.05, 3.63) is 130 Å². The van der Waals surface area contributed by atoms with Gasteiger partial charge in [-0.3, -0.25) is 5.32 Å². The number of nitrogens with one attached hydrogen (secondary N) is 1. The zero-order valence-electron chi connectivity index (χ0n) is 22.7. The summed E-state index contributed by atoms with van der Waals surface area (Å²) < 4.78 is 114. The average Bonchev–Trinajstić information content (AvgIpc) is 2.97. The van der Waals surface area contributed by atoms with E-state index in [-0.39, 0.29) is 11.1 Å². The van der Waals surface area contributed by atoms with E-state index in [0.717, 1.165) is 36.2 Å². The molecule has 0 amide bonds. The monoisotopic (exact) mass is 609 g/mol. The van der Waals surface area contributed by atoms with Crippen LogP contribution in [-0.4, -0.2) is 17.9 Å².